The Morgan fingerprint density at radius 3 is 0.762 bits per heavy atom. The van der Waals surface area contributed by atoms with E-state index in [0.29, 0.717) is 19.3 Å². The lowest BCUT2D eigenvalue weighted by molar-refractivity contribution is -0.167. The summed E-state index contributed by atoms with van der Waals surface area (Å²) >= 11 is 0. The van der Waals surface area contributed by atoms with E-state index in [1.807, 2.05) is 0 Å². The van der Waals surface area contributed by atoms with E-state index in [1.165, 1.54) is 135 Å². The first-order chi connectivity index (χ1) is 39.5. The van der Waals surface area contributed by atoms with E-state index in [2.05, 4.69) is 142 Å². The van der Waals surface area contributed by atoms with Gasteiger partial charge in [-0.3, -0.25) is 14.4 Å². The van der Waals surface area contributed by atoms with E-state index >= 15 is 0 Å². The summed E-state index contributed by atoms with van der Waals surface area (Å²) < 4.78 is 16.8. The van der Waals surface area contributed by atoms with E-state index in [-0.39, 0.29) is 31.1 Å². The summed E-state index contributed by atoms with van der Waals surface area (Å²) in [6, 6.07) is 0. The minimum absolute atomic E-state index is 0.0872. The summed E-state index contributed by atoms with van der Waals surface area (Å²) in [7, 11) is 0. The Labute approximate surface area is 494 Å². The molecule has 0 aromatic rings. The molecule has 0 aromatic carbocycles. The van der Waals surface area contributed by atoms with Crippen LogP contribution in [0.15, 0.2) is 122 Å². The second-order valence-corrected chi connectivity index (χ2v) is 22.0. The molecule has 0 saturated carbocycles. The summed E-state index contributed by atoms with van der Waals surface area (Å²) in [5.41, 5.74) is 0. The van der Waals surface area contributed by atoms with Gasteiger partial charge < -0.3 is 14.2 Å². The van der Waals surface area contributed by atoms with Crippen LogP contribution in [0, 0.1) is 0 Å². The number of unbranched alkanes of at least 4 members (excludes halogenated alkanes) is 29. The normalized spacial score (nSPS) is 12.9. The molecule has 0 amide bonds. The van der Waals surface area contributed by atoms with Gasteiger partial charge in [-0.2, -0.15) is 0 Å². The summed E-state index contributed by atoms with van der Waals surface area (Å²) in [5, 5.41) is 0. The van der Waals surface area contributed by atoms with Crippen molar-refractivity contribution in [2.24, 2.45) is 0 Å². The fourth-order valence-electron chi connectivity index (χ4n) is 9.26. The molecule has 1 unspecified atom stereocenters. The molecule has 80 heavy (non-hydrogen) atoms. The first-order valence-electron chi connectivity index (χ1n) is 33.5. The van der Waals surface area contributed by atoms with Gasteiger partial charge in [-0.15, -0.1) is 0 Å². The Kier molecular flexibility index (Phi) is 63.8. The quantitative estimate of drug-likeness (QED) is 0.0261. The third-order valence-corrected chi connectivity index (χ3v) is 14.2. The number of carbonyl (C=O) groups excluding carboxylic acids is 3. The first-order valence-corrected chi connectivity index (χ1v) is 33.5. The zero-order chi connectivity index (χ0) is 57.8. The third-order valence-electron chi connectivity index (χ3n) is 14.2. The molecule has 0 saturated heterocycles. The number of esters is 3. The minimum atomic E-state index is -0.790. The van der Waals surface area contributed by atoms with Crippen LogP contribution in [0.3, 0.4) is 0 Å². The van der Waals surface area contributed by atoms with Crippen LogP contribution in [0.1, 0.15) is 310 Å². The summed E-state index contributed by atoms with van der Waals surface area (Å²) in [6.45, 7) is 6.35. The Bertz CT molecular complexity index is 1650. The van der Waals surface area contributed by atoms with Gasteiger partial charge in [0.1, 0.15) is 13.2 Å². The molecular weight excluding hydrogens is 985 g/mol. The van der Waals surface area contributed by atoms with Gasteiger partial charge in [0, 0.05) is 19.3 Å². The molecule has 0 heterocycles. The van der Waals surface area contributed by atoms with E-state index < -0.39 is 6.10 Å². The van der Waals surface area contributed by atoms with Gasteiger partial charge in [-0.25, -0.2) is 0 Å². The highest BCUT2D eigenvalue weighted by molar-refractivity contribution is 5.71. The maximum absolute atomic E-state index is 12.8. The van der Waals surface area contributed by atoms with E-state index in [9.17, 15) is 14.4 Å². The van der Waals surface area contributed by atoms with Gasteiger partial charge in [-0.05, 0) is 109 Å². The Balaban J connectivity index is 4.05. The van der Waals surface area contributed by atoms with Gasteiger partial charge in [0.05, 0.1) is 0 Å². The molecule has 0 spiro atoms. The van der Waals surface area contributed by atoms with Crippen molar-refractivity contribution in [3.8, 4) is 0 Å². The van der Waals surface area contributed by atoms with E-state index in [1.54, 1.807) is 0 Å². The molecule has 0 N–H and O–H groups in total. The zero-order valence-corrected chi connectivity index (χ0v) is 52.3. The molecule has 6 heteroatoms. The Hall–Kier alpha value is -4.19. The topological polar surface area (TPSA) is 78.9 Å². The smallest absolute Gasteiger partial charge is 0.306 e. The average Bonchev–Trinajstić information content (AvgIpc) is 3.46. The predicted molar refractivity (Wildman–Crippen MR) is 348 cm³/mol. The van der Waals surface area contributed by atoms with Crippen molar-refractivity contribution in [2.75, 3.05) is 13.2 Å². The molecular formula is C74H124O6. The van der Waals surface area contributed by atoms with Crippen molar-refractivity contribution in [3.05, 3.63) is 122 Å². The fraction of sp³-hybridized carbons (Fsp3) is 0.689. The van der Waals surface area contributed by atoms with Crippen LogP contribution in [0.2, 0.25) is 0 Å². The van der Waals surface area contributed by atoms with Gasteiger partial charge >= 0.3 is 17.9 Å². The van der Waals surface area contributed by atoms with Gasteiger partial charge in [0.15, 0.2) is 6.10 Å². The van der Waals surface area contributed by atoms with Gasteiger partial charge in [0.2, 0.25) is 0 Å². The van der Waals surface area contributed by atoms with Crippen molar-refractivity contribution in [1.82, 2.24) is 0 Å². The zero-order valence-electron chi connectivity index (χ0n) is 52.3. The number of ether oxygens (including phenoxy) is 3. The second-order valence-electron chi connectivity index (χ2n) is 22.0. The minimum Gasteiger partial charge on any atom is -0.462 e. The number of hydrogen-bond donors (Lipinski definition) is 0. The lowest BCUT2D eigenvalue weighted by Crippen LogP contribution is -2.30. The van der Waals surface area contributed by atoms with Crippen LogP contribution >= 0.6 is 0 Å². The van der Waals surface area contributed by atoms with Crippen LogP contribution in [0.25, 0.3) is 0 Å². The molecule has 6 nitrogen and oxygen atoms in total. The van der Waals surface area contributed by atoms with Gasteiger partial charge in [-0.1, -0.05) is 303 Å². The van der Waals surface area contributed by atoms with Crippen LogP contribution in [-0.2, 0) is 28.6 Å². The third kappa shape index (κ3) is 64.6. The highest BCUT2D eigenvalue weighted by atomic mass is 16.6. The first kappa shape index (κ1) is 75.8. The van der Waals surface area contributed by atoms with Crippen molar-refractivity contribution in [1.29, 1.82) is 0 Å². The van der Waals surface area contributed by atoms with Crippen molar-refractivity contribution < 1.29 is 28.6 Å². The molecule has 0 aliphatic rings. The predicted octanol–water partition coefficient (Wildman–Crippen LogP) is 23.2. The number of allylic oxidation sites excluding steroid dienone is 20. The van der Waals surface area contributed by atoms with E-state index in [4.69, 9.17) is 14.2 Å². The van der Waals surface area contributed by atoms with Crippen molar-refractivity contribution in [2.45, 2.75) is 316 Å². The molecule has 0 radical (unpaired) electrons. The van der Waals surface area contributed by atoms with Crippen LogP contribution in [0.5, 0.6) is 0 Å². The SMILES string of the molecule is CC/C=C\C/C=C\C/C=C\C/C=C\C/C=C\C/C=C\CCCCCCC(=O)OC(COC(=O)CCCCCCCC)COC(=O)CCCCCCCCCCCCCCCCCCCCCC/C=C\C/C=C\C/C=C\C/C=C\CC. The fourth-order valence-corrected chi connectivity index (χ4v) is 9.26. The molecule has 0 rings (SSSR count). The van der Waals surface area contributed by atoms with Gasteiger partial charge in [0.25, 0.3) is 0 Å². The largest absolute Gasteiger partial charge is 0.462 e. The molecule has 0 fully saturated rings. The molecule has 0 aliphatic heterocycles. The Morgan fingerprint density at radius 2 is 0.487 bits per heavy atom. The number of hydrogen-bond acceptors (Lipinski definition) is 6. The molecule has 0 aromatic heterocycles. The standard InChI is InChI=1S/C74H124O6/c1-4-7-10-13-16-18-20-22-24-26-28-30-32-33-34-35-36-37-38-39-40-41-43-44-46-48-50-52-54-56-58-61-64-67-73(76)79-70-71(69-78-72(75)66-63-60-15-12-9-6-3)80-74(77)68-65-62-59-57-55-53-51-49-47-45-42-31-29-27-25-23-21-19-17-14-11-8-5-2/h7-8,10-11,16-19,22-25,28-31,45,47,51,53,71H,4-6,9,12-15,20-21,26-27,32-44,46,48-50,52,54-70H2,1-3H3/b10-7-,11-8-,18-16-,19-17-,24-22-,25-23-,30-28-,31-29-,47-45-,53-51-. The van der Waals surface area contributed by atoms with Crippen LogP contribution in [0.4, 0.5) is 0 Å². The second kappa shape index (κ2) is 67.3. The number of carbonyl (C=O) groups is 3. The monoisotopic (exact) mass is 1110 g/mol. The van der Waals surface area contributed by atoms with Crippen molar-refractivity contribution >= 4 is 17.9 Å². The van der Waals surface area contributed by atoms with Crippen LogP contribution in [-0.4, -0.2) is 37.2 Å². The molecule has 0 aliphatic carbocycles. The molecule has 0 bridgehead atoms. The highest BCUT2D eigenvalue weighted by Gasteiger charge is 2.19. The summed E-state index contributed by atoms with van der Waals surface area (Å²) in [5.74, 6) is -0.915. The lowest BCUT2D eigenvalue weighted by atomic mass is 10.0. The summed E-state index contributed by atoms with van der Waals surface area (Å²) in [4.78, 5) is 38.0. The summed E-state index contributed by atoms with van der Waals surface area (Å²) in [6.07, 6.45) is 94.1. The van der Waals surface area contributed by atoms with Crippen molar-refractivity contribution in [3.63, 3.8) is 0 Å². The van der Waals surface area contributed by atoms with E-state index in [0.717, 1.165) is 135 Å². The maximum atomic E-state index is 12.8. The lowest BCUT2D eigenvalue weighted by Gasteiger charge is -2.18. The number of rotatable bonds is 60. The average molecular weight is 1110 g/mol. The molecule has 1 atom stereocenters. The highest BCUT2D eigenvalue weighted by Crippen LogP contribution is 2.17. The molecule has 456 valence electrons. The van der Waals surface area contributed by atoms with Crippen LogP contribution < -0.4 is 0 Å². The Morgan fingerprint density at radius 1 is 0.263 bits per heavy atom. The maximum Gasteiger partial charge on any atom is 0.306 e.